The van der Waals surface area contributed by atoms with Gasteiger partial charge in [-0.05, 0) is 79.1 Å². The van der Waals surface area contributed by atoms with Crippen LogP contribution in [0, 0.1) is 17.6 Å². The first-order valence-electron chi connectivity index (χ1n) is 15.4. The van der Waals surface area contributed by atoms with Crippen molar-refractivity contribution in [2.75, 3.05) is 17.7 Å². The number of hydrogen-bond acceptors (Lipinski definition) is 11. The predicted octanol–water partition coefficient (Wildman–Crippen LogP) is 6.15. The van der Waals surface area contributed by atoms with Crippen molar-refractivity contribution in [3.8, 4) is 0 Å². The van der Waals surface area contributed by atoms with Crippen LogP contribution in [0.3, 0.4) is 0 Å². The van der Waals surface area contributed by atoms with E-state index in [0.717, 1.165) is 37.0 Å². The molecule has 0 spiro atoms. The van der Waals surface area contributed by atoms with E-state index in [1.54, 1.807) is 10.8 Å². The number of benzene rings is 3. The number of carbonyl (C=O) groups excluding carboxylic acids is 1. The normalized spacial score (nSPS) is 15.0. The van der Waals surface area contributed by atoms with Crippen LogP contribution in [0.4, 0.5) is 20.2 Å². The molecule has 10 nitrogen and oxygen atoms in total. The number of rotatable bonds is 11. The van der Waals surface area contributed by atoms with E-state index < -0.39 is 37.2 Å². The molecule has 16 heteroatoms. The number of hydrogen-bond donors (Lipinski definition) is 3. The molecule has 2 heterocycles. The molecule has 0 aliphatic heterocycles. The molecular formula is C34H34F2N4O6S4. The summed E-state index contributed by atoms with van der Waals surface area (Å²) in [6.07, 6.45) is 6.00. The van der Waals surface area contributed by atoms with Crippen molar-refractivity contribution in [1.82, 2.24) is 9.97 Å². The van der Waals surface area contributed by atoms with Crippen molar-refractivity contribution >= 4 is 59.6 Å². The van der Waals surface area contributed by atoms with E-state index in [1.807, 2.05) is 18.2 Å². The first-order chi connectivity index (χ1) is 23.9. The highest BCUT2D eigenvalue weighted by Gasteiger charge is 2.33. The smallest absolute Gasteiger partial charge is 0.228 e. The highest BCUT2D eigenvalue weighted by Crippen LogP contribution is 2.39. The van der Waals surface area contributed by atoms with E-state index in [4.69, 9.17) is 5.73 Å². The second-order valence-electron chi connectivity index (χ2n) is 11.5. The van der Waals surface area contributed by atoms with E-state index in [1.165, 1.54) is 64.9 Å². The number of aliphatic hydroxyl groups is 1. The topological polar surface area (TPSA) is 169 Å². The number of anilines is 2. The Balaban J connectivity index is 0.000000240. The van der Waals surface area contributed by atoms with Gasteiger partial charge in [0.2, 0.25) is 5.91 Å². The van der Waals surface area contributed by atoms with Gasteiger partial charge < -0.3 is 16.2 Å². The molecule has 4 N–H and O–H groups in total. The molecule has 0 saturated heterocycles. The predicted molar refractivity (Wildman–Crippen MR) is 189 cm³/mol. The van der Waals surface area contributed by atoms with Crippen LogP contribution in [0.5, 0.6) is 0 Å². The second kappa shape index (κ2) is 16.3. The Morgan fingerprint density at radius 2 is 1.50 bits per heavy atom. The van der Waals surface area contributed by atoms with Gasteiger partial charge in [0.15, 0.2) is 19.7 Å². The number of sulfone groups is 2. The highest BCUT2D eigenvalue weighted by molar-refractivity contribution is 7.91. The number of thiazole rings is 2. The number of aryl methyl sites for hydroxylation is 1. The summed E-state index contributed by atoms with van der Waals surface area (Å²) >= 11 is 2.46. The van der Waals surface area contributed by atoms with E-state index in [9.17, 15) is 35.5 Å². The molecule has 1 aliphatic rings. The zero-order chi connectivity index (χ0) is 35.9. The van der Waals surface area contributed by atoms with Crippen molar-refractivity contribution < 1.29 is 35.5 Å². The number of nitrogen functional groups attached to an aromatic ring is 1. The fraction of sp³-hybridized carbons (Fsp3) is 0.265. The van der Waals surface area contributed by atoms with Gasteiger partial charge in [0, 0.05) is 35.7 Å². The average Bonchev–Trinajstić information content (AvgIpc) is 3.80. The molecular weight excluding hydrogens is 727 g/mol. The van der Waals surface area contributed by atoms with Gasteiger partial charge in [0.1, 0.15) is 33.2 Å². The third-order valence-electron chi connectivity index (χ3n) is 8.16. The average molecular weight is 761 g/mol. The third-order valence-corrected chi connectivity index (χ3v) is 13.3. The maximum atomic E-state index is 14.8. The quantitative estimate of drug-likeness (QED) is 0.134. The molecule has 50 heavy (non-hydrogen) atoms. The van der Waals surface area contributed by atoms with Crippen LogP contribution in [-0.2, 0) is 42.4 Å². The van der Waals surface area contributed by atoms with Crippen molar-refractivity contribution in [3.63, 3.8) is 0 Å². The van der Waals surface area contributed by atoms with Crippen molar-refractivity contribution in [2.24, 2.45) is 5.92 Å². The molecule has 0 radical (unpaired) electrons. The first-order valence-corrected chi connectivity index (χ1v) is 20.5. The van der Waals surface area contributed by atoms with Crippen molar-refractivity contribution in [1.29, 1.82) is 0 Å². The van der Waals surface area contributed by atoms with Gasteiger partial charge in [0.05, 0.1) is 21.2 Å². The minimum Gasteiger partial charge on any atom is -0.396 e. The number of nitrogens with one attached hydrogen (secondary N) is 1. The third kappa shape index (κ3) is 9.17. The Kier molecular flexibility index (Phi) is 12.1. The lowest BCUT2D eigenvalue weighted by atomic mass is 9.74. The van der Waals surface area contributed by atoms with Gasteiger partial charge in [0.25, 0.3) is 0 Å². The summed E-state index contributed by atoms with van der Waals surface area (Å²) < 4.78 is 77.0. The SMILES string of the molecule is Nc1ccc(S(=O)(=O)Cc2nccs2)cc1F.O=C(Nc1ccc(S(=O)(=O)Cc2nccs2)cc1F)[C@H](CCO)C1CCCc2ccccc21. The summed E-state index contributed by atoms with van der Waals surface area (Å²) in [6.45, 7) is -0.160. The summed E-state index contributed by atoms with van der Waals surface area (Å²) in [6, 6.07) is 14.9. The molecule has 1 unspecified atom stereocenters. The number of nitrogens with two attached hydrogens (primary N) is 1. The molecule has 1 amide bonds. The molecule has 2 aromatic heterocycles. The molecule has 5 aromatic rings. The Morgan fingerprint density at radius 1 is 0.900 bits per heavy atom. The van der Waals surface area contributed by atoms with Gasteiger partial charge >= 0.3 is 0 Å². The maximum absolute atomic E-state index is 14.8. The van der Waals surface area contributed by atoms with Gasteiger partial charge in [-0.2, -0.15) is 0 Å². The minimum atomic E-state index is -3.76. The molecule has 1 aliphatic carbocycles. The Hall–Kier alpha value is -4.09. The number of aliphatic hydroxyl groups excluding tert-OH is 1. The Labute approximate surface area is 296 Å². The molecule has 0 saturated carbocycles. The molecule has 0 bridgehead atoms. The number of amides is 1. The molecule has 2 atom stereocenters. The fourth-order valence-corrected chi connectivity index (χ4v) is 10.2. The minimum absolute atomic E-state index is 0.0666. The van der Waals surface area contributed by atoms with E-state index in [-0.39, 0.29) is 57.5 Å². The van der Waals surface area contributed by atoms with Crippen LogP contribution in [0.25, 0.3) is 0 Å². The lowest BCUT2D eigenvalue weighted by Gasteiger charge is -2.31. The monoisotopic (exact) mass is 760 g/mol. The van der Waals surface area contributed by atoms with E-state index in [2.05, 4.69) is 21.4 Å². The van der Waals surface area contributed by atoms with Crippen LogP contribution < -0.4 is 11.1 Å². The largest absolute Gasteiger partial charge is 0.396 e. The lowest BCUT2D eigenvalue weighted by Crippen LogP contribution is -2.31. The summed E-state index contributed by atoms with van der Waals surface area (Å²) in [5.74, 6) is -3.07. The Morgan fingerprint density at radius 3 is 2.06 bits per heavy atom. The summed E-state index contributed by atoms with van der Waals surface area (Å²) in [4.78, 5) is 20.8. The van der Waals surface area contributed by atoms with Crippen LogP contribution in [-0.4, -0.2) is 44.4 Å². The van der Waals surface area contributed by atoms with Crippen LogP contribution >= 0.6 is 22.7 Å². The lowest BCUT2D eigenvalue weighted by molar-refractivity contribution is -0.121. The summed E-state index contributed by atoms with van der Waals surface area (Å²) in [5.41, 5.74) is 7.43. The number of halogens is 2. The molecule has 0 fully saturated rings. The van der Waals surface area contributed by atoms with Crippen molar-refractivity contribution in [2.45, 2.75) is 52.9 Å². The van der Waals surface area contributed by atoms with E-state index >= 15 is 0 Å². The van der Waals surface area contributed by atoms with Gasteiger partial charge in [-0.15, -0.1) is 22.7 Å². The standard InChI is InChI=1S/C24H25FN2O4S2.C10H9FN2O2S2/c25-21-14-17(33(30,31)15-23-26-11-13-32-23)8-9-22(21)27-24(29)20(10-12-28)19-7-3-5-16-4-1-2-6-18(16)19;11-8-5-7(1-2-9(8)12)17(14,15)6-10-13-3-4-16-10/h1-2,4,6,8-9,11,13-14,19-20,28H,3,5,7,10,12,15H2,(H,27,29);1-5H,6,12H2/t19?,20-;/m1./s1. The van der Waals surface area contributed by atoms with Crippen LogP contribution in [0.1, 0.15) is 46.3 Å². The van der Waals surface area contributed by atoms with Crippen molar-refractivity contribution in [3.05, 3.63) is 117 Å². The fourth-order valence-electron chi connectivity index (χ4n) is 5.72. The summed E-state index contributed by atoms with van der Waals surface area (Å²) in [7, 11) is -7.33. The van der Waals surface area contributed by atoms with Gasteiger partial charge in [-0.25, -0.2) is 35.6 Å². The summed E-state index contributed by atoms with van der Waals surface area (Å²) in [5, 5.41) is 16.5. The number of aromatic nitrogens is 2. The van der Waals surface area contributed by atoms with Crippen LogP contribution in [0.15, 0.2) is 93.6 Å². The zero-order valence-electron chi connectivity index (χ0n) is 26.5. The Bertz CT molecular complexity index is 2150. The molecule has 6 rings (SSSR count). The molecule has 3 aromatic carbocycles. The van der Waals surface area contributed by atoms with Gasteiger partial charge in [-0.1, -0.05) is 24.3 Å². The molecule has 264 valence electrons. The van der Waals surface area contributed by atoms with E-state index in [0.29, 0.717) is 10.0 Å². The first kappa shape index (κ1) is 37.2. The maximum Gasteiger partial charge on any atom is 0.228 e. The second-order valence-corrected chi connectivity index (χ2v) is 17.4. The van der Waals surface area contributed by atoms with Gasteiger partial charge in [-0.3, -0.25) is 4.79 Å². The zero-order valence-corrected chi connectivity index (χ0v) is 29.8. The highest BCUT2D eigenvalue weighted by atomic mass is 32.2. The number of carbonyl (C=O) groups is 1. The number of nitrogens with zero attached hydrogens (tertiary/aromatic N) is 2. The number of fused-ring (bicyclic) bond motifs is 1. The van der Waals surface area contributed by atoms with Crippen LogP contribution in [0.2, 0.25) is 0 Å².